The number of nitrogens with zero attached hydrogens (tertiary/aromatic N) is 1. The molecular formula is C20H28IN3O3S. The van der Waals surface area contributed by atoms with E-state index in [9.17, 15) is 13.5 Å². The average molecular weight is 517 g/mol. The molecule has 2 aromatic rings. The standard InChI is InChI=1S/C20H27N3O3S.HI/c1-21-20(22-14-3-4-16-5-9-18(24)10-6-16)23-15-13-17-7-11-19(12-8-17)27(2,25)26;/h5-12,24H,3-4,13-15H2,1-2H3,(H2,21,22,23);1H. The number of phenols is 1. The maximum Gasteiger partial charge on any atom is 0.190 e. The molecule has 0 fully saturated rings. The summed E-state index contributed by atoms with van der Waals surface area (Å²) in [5.74, 6) is 1.03. The summed E-state index contributed by atoms with van der Waals surface area (Å²) in [7, 11) is -1.42. The predicted molar refractivity (Wildman–Crippen MR) is 124 cm³/mol. The summed E-state index contributed by atoms with van der Waals surface area (Å²) >= 11 is 0. The topological polar surface area (TPSA) is 90.8 Å². The van der Waals surface area contributed by atoms with Crippen molar-refractivity contribution in [2.24, 2.45) is 4.99 Å². The SMILES string of the molecule is CN=C(NCCCc1ccc(O)cc1)NCCc1ccc(S(C)(=O)=O)cc1.I. The third kappa shape index (κ3) is 8.47. The number of aliphatic imine (C=N–C) groups is 1. The van der Waals surface area contributed by atoms with Gasteiger partial charge >= 0.3 is 0 Å². The molecule has 8 heteroatoms. The Bertz CT molecular complexity index is 851. The van der Waals surface area contributed by atoms with Crippen LogP contribution in [0.4, 0.5) is 0 Å². The van der Waals surface area contributed by atoms with Gasteiger partial charge in [0.05, 0.1) is 4.90 Å². The summed E-state index contributed by atoms with van der Waals surface area (Å²) in [6, 6.07) is 14.2. The van der Waals surface area contributed by atoms with E-state index in [2.05, 4.69) is 15.6 Å². The number of benzene rings is 2. The molecule has 0 heterocycles. The summed E-state index contributed by atoms with van der Waals surface area (Å²) in [5.41, 5.74) is 2.26. The fraction of sp³-hybridized carbons (Fsp3) is 0.350. The summed E-state index contributed by atoms with van der Waals surface area (Å²) in [5, 5.41) is 15.8. The van der Waals surface area contributed by atoms with Crippen molar-refractivity contribution in [3.05, 3.63) is 59.7 Å². The van der Waals surface area contributed by atoms with Gasteiger partial charge in [-0.25, -0.2) is 8.42 Å². The highest BCUT2D eigenvalue weighted by molar-refractivity contribution is 14.0. The van der Waals surface area contributed by atoms with Crippen LogP contribution in [0.3, 0.4) is 0 Å². The molecule has 0 saturated heterocycles. The smallest absolute Gasteiger partial charge is 0.190 e. The van der Waals surface area contributed by atoms with E-state index < -0.39 is 9.84 Å². The number of guanidine groups is 1. The number of aromatic hydroxyl groups is 1. The van der Waals surface area contributed by atoms with Gasteiger partial charge in [0.15, 0.2) is 15.8 Å². The molecule has 0 atom stereocenters. The molecule has 3 N–H and O–H groups in total. The minimum absolute atomic E-state index is 0. The van der Waals surface area contributed by atoms with Crippen LogP contribution in [0.25, 0.3) is 0 Å². The first-order valence-corrected chi connectivity index (χ1v) is 10.8. The molecule has 0 aliphatic carbocycles. The molecule has 28 heavy (non-hydrogen) atoms. The first-order valence-electron chi connectivity index (χ1n) is 8.90. The Morgan fingerprint density at radius 2 is 1.46 bits per heavy atom. The van der Waals surface area contributed by atoms with Crippen LogP contribution < -0.4 is 10.6 Å². The Balaban J connectivity index is 0.00000392. The molecule has 0 unspecified atom stereocenters. The van der Waals surface area contributed by atoms with Gasteiger partial charge < -0.3 is 15.7 Å². The van der Waals surface area contributed by atoms with Gasteiger partial charge in [0.25, 0.3) is 0 Å². The first-order chi connectivity index (χ1) is 12.9. The minimum atomic E-state index is -3.15. The Kier molecular flexibility index (Phi) is 10.3. The van der Waals surface area contributed by atoms with Crippen LogP contribution >= 0.6 is 24.0 Å². The molecule has 0 radical (unpaired) electrons. The third-order valence-electron chi connectivity index (χ3n) is 4.15. The maximum atomic E-state index is 11.5. The molecule has 154 valence electrons. The molecule has 0 aliphatic heterocycles. The van der Waals surface area contributed by atoms with E-state index in [0.717, 1.165) is 37.3 Å². The van der Waals surface area contributed by atoms with Gasteiger partial charge in [-0.3, -0.25) is 4.99 Å². The number of nitrogens with one attached hydrogen (secondary N) is 2. The highest BCUT2D eigenvalue weighted by Gasteiger charge is 2.06. The number of sulfone groups is 1. The quantitative estimate of drug-likeness (QED) is 0.217. The van der Waals surface area contributed by atoms with Gasteiger partial charge in [-0.2, -0.15) is 0 Å². The lowest BCUT2D eigenvalue weighted by Crippen LogP contribution is -2.38. The number of halogens is 1. The van der Waals surface area contributed by atoms with Crippen LogP contribution in [0.1, 0.15) is 17.5 Å². The second-order valence-electron chi connectivity index (χ2n) is 6.36. The summed E-state index contributed by atoms with van der Waals surface area (Å²) in [6.07, 6.45) is 3.87. The molecule has 0 aromatic heterocycles. The van der Waals surface area contributed by atoms with Crippen molar-refractivity contribution >= 4 is 39.8 Å². The van der Waals surface area contributed by atoms with Crippen molar-refractivity contribution in [2.75, 3.05) is 26.4 Å². The molecule has 0 amide bonds. The van der Waals surface area contributed by atoms with Crippen molar-refractivity contribution in [3.8, 4) is 5.75 Å². The van der Waals surface area contributed by atoms with Crippen molar-refractivity contribution < 1.29 is 13.5 Å². The molecule has 2 rings (SSSR count). The second kappa shape index (κ2) is 11.9. The average Bonchev–Trinajstić information content (AvgIpc) is 2.65. The molecule has 0 saturated carbocycles. The Hall–Kier alpha value is -1.81. The second-order valence-corrected chi connectivity index (χ2v) is 8.38. The molecule has 6 nitrogen and oxygen atoms in total. The zero-order valence-corrected chi connectivity index (χ0v) is 19.3. The van der Waals surface area contributed by atoms with E-state index in [0.29, 0.717) is 11.4 Å². The zero-order valence-electron chi connectivity index (χ0n) is 16.2. The van der Waals surface area contributed by atoms with Crippen LogP contribution in [-0.2, 0) is 22.7 Å². The lowest BCUT2D eigenvalue weighted by molar-refractivity contribution is 0.475. The largest absolute Gasteiger partial charge is 0.508 e. The predicted octanol–water partition coefficient (Wildman–Crippen LogP) is 2.75. The number of phenolic OH excluding ortho intramolecular Hbond substituents is 1. The lowest BCUT2D eigenvalue weighted by atomic mass is 10.1. The van der Waals surface area contributed by atoms with Gasteiger partial charge in [-0.1, -0.05) is 24.3 Å². The van der Waals surface area contributed by atoms with Crippen LogP contribution in [0, 0.1) is 0 Å². The minimum Gasteiger partial charge on any atom is -0.508 e. The van der Waals surface area contributed by atoms with Gasteiger partial charge in [0.1, 0.15) is 5.75 Å². The number of hydrogen-bond acceptors (Lipinski definition) is 4. The Morgan fingerprint density at radius 3 is 2.04 bits per heavy atom. The maximum absolute atomic E-state index is 11.5. The summed E-state index contributed by atoms with van der Waals surface area (Å²) in [6.45, 7) is 1.50. The fourth-order valence-electron chi connectivity index (χ4n) is 2.61. The Labute approximate surface area is 184 Å². The molecule has 0 aliphatic rings. The highest BCUT2D eigenvalue weighted by Crippen LogP contribution is 2.11. The van der Waals surface area contributed by atoms with Crippen LogP contribution in [-0.4, -0.2) is 45.9 Å². The number of aryl methyl sites for hydroxylation is 1. The van der Waals surface area contributed by atoms with E-state index in [4.69, 9.17) is 0 Å². The van der Waals surface area contributed by atoms with Gasteiger partial charge in [-0.15, -0.1) is 24.0 Å². The normalized spacial score (nSPS) is 11.6. The van der Waals surface area contributed by atoms with Gasteiger partial charge in [0.2, 0.25) is 0 Å². The van der Waals surface area contributed by atoms with Crippen LogP contribution in [0.15, 0.2) is 58.4 Å². The molecule has 2 aromatic carbocycles. The first kappa shape index (κ1) is 24.2. The highest BCUT2D eigenvalue weighted by atomic mass is 127. The van der Waals surface area contributed by atoms with Crippen LogP contribution in [0.2, 0.25) is 0 Å². The van der Waals surface area contributed by atoms with Crippen molar-refractivity contribution in [1.29, 1.82) is 0 Å². The van der Waals surface area contributed by atoms with E-state index in [1.165, 1.54) is 11.8 Å². The third-order valence-corrected chi connectivity index (χ3v) is 5.28. The van der Waals surface area contributed by atoms with Gasteiger partial charge in [-0.05, 0) is 54.7 Å². The summed E-state index contributed by atoms with van der Waals surface area (Å²) in [4.78, 5) is 4.54. The van der Waals surface area contributed by atoms with E-state index in [1.54, 1.807) is 31.3 Å². The Morgan fingerprint density at radius 1 is 0.929 bits per heavy atom. The van der Waals surface area contributed by atoms with E-state index in [1.807, 2.05) is 24.3 Å². The number of rotatable bonds is 8. The monoisotopic (exact) mass is 517 g/mol. The molecule has 0 spiro atoms. The van der Waals surface area contributed by atoms with Gasteiger partial charge in [0, 0.05) is 26.4 Å². The zero-order chi connectivity index (χ0) is 19.7. The van der Waals surface area contributed by atoms with E-state index in [-0.39, 0.29) is 29.7 Å². The van der Waals surface area contributed by atoms with E-state index >= 15 is 0 Å². The fourth-order valence-corrected chi connectivity index (χ4v) is 3.24. The number of hydrogen-bond donors (Lipinski definition) is 3. The van der Waals surface area contributed by atoms with Crippen molar-refractivity contribution in [3.63, 3.8) is 0 Å². The van der Waals surface area contributed by atoms with Crippen molar-refractivity contribution in [2.45, 2.75) is 24.2 Å². The molecule has 0 bridgehead atoms. The molecular weight excluding hydrogens is 489 g/mol. The van der Waals surface area contributed by atoms with Crippen LogP contribution in [0.5, 0.6) is 5.75 Å². The van der Waals surface area contributed by atoms with Crippen molar-refractivity contribution in [1.82, 2.24) is 10.6 Å². The lowest BCUT2D eigenvalue weighted by Gasteiger charge is -2.12. The summed E-state index contributed by atoms with van der Waals surface area (Å²) < 4.78 is 22.9.